The second-order valence-electron chi connectivity index (χ2n) is 22.1. The molecule has 1 heterocycles. The van der Waals surface area contributed by atoms with Crippen molar-refractivity contribution >= 4 is 11.9 Å². The number of esters is 1. The molecular formula is C65H119NO10. The number of hydrogen-bond donors (Lipinski definition) is 6. The fraction of sp³-hybridized carbons (Fsp3) is 0.846. The van der Waals surface area contributed by atoms with Gasteiger partial charge in [0.1, 0.15) is 24.4 Å². The molecule has 11 heteroatoms. The summed E-state index contributed by atoms with van der Waals surface area (Å²) in [7, 11) is 0. The highest BCUT2D eigenvalue weighted by Crippen LogP contribution is 2.26. The Labute approximate surface area is 466 Å². The van der Waals surface area contributed by atoms with Crippen LogP contribution in [0.3, 0.4) is 0 Å². The number of unbranched alkanes of at least 4 members (excludes halogenated alkanes) is 34. The van der Waals surface area contributed by atoms with E-state index in [-0.39, 0.29) is 13.0 Å². The van der Waals surface area contributed by atoms with Crippen LogP contribution in [-0.2, 0) is 23.8 Å². The van der Waals surface area contributed by atoms with Gasteiger partial charge in [0.2, 0.25) is 5.91 Å². The van der Waals surface area contributed by atoms with Gasteiger partial charge in [-0.2, -0.15) is 0 Å². The Bertz CT molecular complexity index is 1420. The minimum absolute atomic E-state index is 0.116. The lowest BCUT2D eigenvalue weighted by Gasteiger charge is -2.41. The van der Waals surface area contributed by atoms with Crippen molar-refractivity contribution in [2.75, 3.05) is 13.2 Å². The quantitative estimate of drug-likeness (QED) is 0.0195. The Morgan fingerprint density at radius 3 is 1.38 bits per heavy atom. The Kier molecular flexibility index (Phi) is 50.2. The molecule has 11 nitrogen and oxygen atoms in total. The summed E-state index contributed by atoms with van der Waals surface area (Å²) in [6.45, 7) is 5.78. The van der Waals surface area contributed by atoms with Crippen LogP contribution in [0.4, 0.5) is 0 Å². The molecule has 6 N–H and O–H groups in total. The van der Waals surface area contributed by atoms with Gasteiger partial charge in [-0.05, 0) is 64.2 Å². The lowest BCUT2D eigenvalue weighted by atomic mass is 9.99. The van der Waals surface area contributed by atoms with Crippen molar-refractivity contribution in [3.63, 3.8) is 0 Å². The standard InChI is InChI=1S/C65H119NO10/c1-4-7-10-13-16-19-22-25-26-27-28-29-30-31-32-35-38-41-44-47-50-53-60(70)76-63-62(72)61(71)59(54-67)75-65(63)74-55-56(57(68)51-48-45-42-39-36-33-23-20-17-14-11-8-5-2)66-64(73)58(69)52-49-46-43-40-37-34-24-21-18-15-12-9-6-3/h16,19,25-26,28-29,48,51,56-59,61-63,65,67-69,71-72H,4-15,17-18,20-24,27,30-47,49-50,52-55H2,1-3H3,(H,66,73)/b19-16-,26-25-,29-28-,51-48+. The van der Waals surface area contributed by atoms with Gasteiger partial charge in [-0.3, -0.25) is 9.59 Å². The van der Waals surface area contributed by atoms with Crippen LogP contribution < -0.4 is 5.32 Å². The maximum Gasteiger partial charge on any atom is 0.306 e. The first-order valence-corrected chi connectivity index (χ1v) is 31.9. The summed E-state index contributed by atoms with van der Waals surface area (Å²) in [6, 6.07) is -1.02. The summed E-state index contributed by atoms with van der Waals surface area (Å²) >= 11 is 0. The Balaban J connectivity index is 2.66. The van der Waals surface area contributed by atoms with Crippen LogP contribution in [0.25, 0.3) is 0 Å². The molecule has 1 saturated heterocycles. The number of hydrogen-bond acceptors (Lipinski definition) is 10. The summed E-state index contributed by atoms with van der Waals surface area (Å²) in [4.78, 5) is 26.5. The number of aliphatic hydroxyl groups is 5. The van der Waals surface area contributed by atoms with Crippen molar-refractivity contribution in [2.24, 2.45) is 0 Å². The van der Waals surface area contributed by atoms with Gasteiger partial charge < -0.3 is 45.1 Å². The number of allylic oxidation sites excluding steroid dienone is 7. The summed E-state index contributed by atoms with van der Waals surface area (Å²) in [5.41, 5.74) is 0. The first-order valence-electron chi connectivity index (χ1n) is 31.9. The lowest BCUT2D eigenvalue weighted by Crippen LogP contribution is -2.61. The highest BCUT2D eigenvalue weighted by Gasteiger charge is 2.47. The van der Waals surface area contributed by atoms with Crippen LogP contribution in [0.2, 0.25) is 0 Å². The second kappa shape index (κ2) is 53.3. The van der Waals surface area contributed by atoms with Gasteiger partial charge in [0.15, 0.2) is 12.4 Å². The largest absolute Gasteiger partial charge is 0.454 e. The van der Waals surface area contributed by atoms with Gasteiger partial charge in [-0.25, -0.2) is 0 Å². The molecule has 1 aliphatic rings. The molecule has 0 aromatic rings. The third-order valence-electron chi connectivity index (χ3n) is 15.0. The maximum atomic E-state index is 13.4. The number of ether oxygens (including phenoxy) is 3. The van der Waals surface area contributed by atoms with E-state index in [0.29, 0.717) is 19.3 Å². The normalized spacial score (nSPS) is 19.4. The molecule has 0 saturated carbocycles. The van der Waals surface area contributed by atoms with Gasteiger partial charge in [-0.15, -0.1) is 0 Å². The molecule has 0 spiro atoms. The van der Waals surface area contributed by atoms with E-state index in [4.69, 9.17) is 14.2 Å². The monoisotopic (exact) mass is 1070 g/mol. The first-order chi connectivity index (χ1) is 37.2. The van der Waals surface area contributed by atoms with E-state index < -0.39 is 67.4 Å². The van der Waals surface area contributed by atoms with Crippen molar-refractivity contribution in [1.82, 2.24) is 5.32 Å². The zero-order valence-corrected chi connectivity index (χ0v) is 49.1. The van der Waals surface area contributed by atoms with Crippen LogP contribution in [0.1, 0.15) is 290 Å². The molecule has 0 aromatic heterocycles. The van der Waals surface area contributed by atoms with Crippen LogP contribution >= 0.6 is 0 Å². The van der Waals surface area contributed by atoms with Gasteiger partial charge in [-0.1, -0.05) is 268 Å². The molecule has 1 aliphatic heterocycles. The summed E-state index contributed by atoms with van der Waals surface area (Å²) in [5, 5.41) is 57.0. The van der Waals surface area contributed by atoms with E-state index in [0.717, 1.165) is 83.5 Å². The molecule has 0 radical (unpaired) electrons. The minimum atomic E-state index is -1.62. The third-order valence-corrected chi connectivity index (χ3v) is 15.0. The molecule has 1 rings (SSSR count). The Morgan fingerprint density at radius 2 is 0.908 bits per heavy atom. The molecule has 8 atom stereocenters. The summed E-state index contributed by atoms with van der Waals surface area (Å²) < 4.78 is 17.6. The SMILES string of the molecule is CCCCC/C=C\C/C=C\C/C=C\CCCCCCCCCCC(=O)OC1C(OCC(NC(=O)C(O)CCCCCCCCCCCCCCC)C(O)/C=C/CCCCCCCCCCCCC)OC(CO)C(O)C1O. The maximum absolute atomic E-state index is 13.4. The molecule has 1 amide bonds. The average Bonchev–Trinajstić information content (AvgIpc) is 3.42. The average molecular weight is 1070 g/mol. The van der Waals surface area contributed by atoms with E-state index in [1.165, 1.54) is 161 Å². The molecule has 0 aromatic carbocycles. The predicted molar refractivity (Wildman–Crippen MR) is 315 cm³/mol. The van der Waals surface area contributed by atoms with Crippen molar-refractivity contribution in [3.8, 4) is 0 Å². The Morgan fingerprint density at radius 1 is 0.513 bits per heavy atom. The molecular weight excluding hydrogens is 955 g/mol. The van der Waals surface area contributed by atoms with Crippen molar-refractivity contribution in [2.45, 2.75) is 339 Å². The number of carbonyl (C=O) groups excluding carboxylic acids is 2. The number of aliphatic hydroxyl groups excluding tert-OH is 5. The highest BCUT2D eigenvalue weighted by molar-refractivity contribution is 5.80. The molecule has 76 heavy (non-hydrogen) atoms. The van der Waals surface area contributed by atoms with Crippen molar-refractivity contribution < 1.29 is 49.3 Å². The molecule has 0 aliphatic carbocycles. The Hall–Kier alpha value is -2.38. The number of nitrogens with one attached hydrogen (secondary N) is 1. The van der Waals surface area contributed by atoms with Gasteiger partial charge in [0.25, 0.3) is 0 Å². The smallest absolute Gasteiger partial charge is 0.306 e. The summed E-state index contributed by atoms with van der Waals surface area (Å²) in [6.07, 6.45) is 54.3. The van der Waals surface area contributed by atoms with E-state index in [2.05, 4.69) is 62.5 Å². The van der Waals surface area contributed by atoms with Gasteiger partial charge >= 0.3 is 5.97 Å². The third kappa shape index (κ3) is 40.8. The van der Waals surface area contributed by atoms with Crippen LogP contribution in [0.5, 0.6) is 0 Å². The van der Waals surface area contributed by atoms with Crippen molar-refractivity contribution in [1.29, 1.82) is 0 Å². The van der Waals surface area contributed by atoms with E-state index >= 15 is 0 Å². The minimum Gasteiger partial charge on any atom is -0.454 e. The molecule has 0 bridgehead atoms. The lowest BCUT2D eigenvalue weighted by molar-refractivity contribution is -0.305. The topological polar surface area (TPSA) is 175 Å². The fourth-order valence-electron chi connectivity index (χ4n) is 9.89. The molecule has 8 unspecified atom stereocenters. The molecule has 1 fully saturated rings. The number of amides is 1. The fourth-order valence-corrected chi connectivity index (χ4v) is 9.89. The van der Waals surface area contributed by atoms with Gasteiger partial charge in [0.05, 0.1) is 25.4 Å². The van der Waals surface area contributed by atoms with E-state index in [9.17, 15) is 35.1 Å². The zero-order chi connectivity index (χ0) is 55.4. The van der Waals surface area contributed by atoms with Crippen LogP contribution in [-0.4, -0.2) is 99.6 Å². The van der Waals surface area contributed by atoms with E-state index in [1.807, 2.05) is 6.08 Å². The number of rotatable bonds is 54. The predicted octanol–water partition coefficient (Wildman–Crippen LogP) is 15.2. The van der Waals surface area contributed by atoms with Crippen LogP contribution in [0, 0.1) is 0 Å². The van der Waals surface area contributed by atoms with E-state index in [1.54, 1.807) is 6.08 Å². The molecule has 444 valence electrons. The summed E-state index contributed by atoms with van der Waals surface area (Å²) in [5.74, 6) is -1.19. The van der Waals surface area contributed by atoms with Crippen molar-refractivity contribution in [3.05, 3.63) is 48.6 Å². The second-order valence-corrected chi connectivity index (χ2v) is 22.1. The first kappa shape index (κ1) is 71.6. The zero-order valence-electron chi connectivity index (χ0n) is 49.1. The van der Waals surface area contributed by atoms with Crippen LogP contribution in [0.15, 0.2) is 48.6 Å². The number of carbonyl (C=O) groups is 2. The van der Waals surface area contributed by atoms with Gasteiger partial charge in [0, 0.05) is 6.42 Å². The highest BCUT2D eigenvalue weighted by atomic mass is 16.7.